The van der Waals surface area contributed by atoms with Gasteiger partial charge in [-0.05, 0) is 25.7 Å². The Balaban J connectivity index is 2.22. The van der Waals surface area contributed by atoms with Gasteiger partial charge in [0, 0.05) is 18.8 Å². The summed E-state index contributed by atoms with van der Waals surface area (Å²) in [7, 11) is 0. The van der Waals surface area contributed by atoms with Crippen molar-refractivity contribution in [3.05, 3.63) is 12.2 Å². The first-order valence-electron chi connectivity index (χ1n) is 6.00. The van der Waals surface area contributed by atoms with Gasteiger partial charge in [0.1, 0.15) is 5.78 Å². The zero-order chi connectivity index (χ0) is 12.0. The van der Waals surface area contributed by atoms with Crippen LogP contribution in [0.1, 0.15) is 39.5 Å². The monoisotopic (exact) mass is 224 g/mol. The first-order valence-corrected chi connectivity index (χ1v) is 6.00. The summed E-state index contributed by atoms with van der Waals surface area (Å²) >= 11 is 0. The molecule has 0 heterocycles. The molecule has 1 fully saturated rings. The van der Waals surface area contributed by atoms with Crippen molar-refractivity contribution >= 4 is 11.8 Å². The van der Waals surface area contributed by atoms with Crippen molar-refractivity contribution in [1.29, 1.82) is 0 Å². The number of carbonyl (C=O) groups excluding carboxylic acids is 2. The first-order chi connectivity index (χ1) is 7.65. The summed E-state index contributed by atoms with van der Waals surface area (Å²) in [6, 6.07) is 0. The van der Waals surface area contributed by atoms with Crippen LogP contribution in [0, 0.1) is 11.8 Å². The Hall–Kier alpha value is -1.12. The predicted molar refractivity (Wildman–Crippen MR) is 61.9 cm³/mol. The van der Waals surface area contributed by atoms with Crippen LogP contribution in [-0.2, 0) is 14.3 Å². The fourth-order valence-electron chi connectivity index (χ4n) is 1.99. The lowest BCUT2D eigenvalue weighted by Crippen LogP contribution is -2.08. The highest BCUT2D eigenvalue weighted by Gasteiger charge is 2.28. The Morgan fingerprint density at radius 1 is 1.56 bits per heavy atom. The number of ether oxygens (including phenoxy) is 1. The van der Waals surface area contributed by atoms with Crippen molar-refractivity contribution in [2.75, 3.05) is 6.61 Å². The van der Waals surface area contributed by atoms with Crippen LogP contribution in [0.15, 0.2) is 12.2 Å². The largest absolute Gasteiger partial charge is 0.466 e. The van der Waals surface area contributed by atoms with Gasteiger partial charge < -0.3 is 4.74 Å². The van der Waals surface area contributed by atoms with Crippen molar-refractivity contribution in [2.24, 2.45) is 11.8 Å². The highest BCUT2D eigenvalue weighted by molar-refractivity contribution is 5.83. The van der Waals surface area contributed by atoms with E-state index in [4.69, 9.17) is 4.74 Å². The number of allylic oxidation sites excluding steroid dienone is 2. The zero-order valence-electron chi connectivity index (χ0n) is 10.1. The molecule has 1 aliphatic carbocycles. The standard InChI is InChI=1S/C13H20O3/c1-3-16-13(15)7-5-4-6-11-8-9-12(14)10(11)2/h4,6,10-11H,3,5,7-9H2,1-2H3/b6-4-/t10-,11+/m1/s1. The van der Waals surface area contributed by atoms with E-state index in [2.05, 4.69) is 6.08 Å². The van der Waals surface area contributed by atoms with Crippen LogP contribution in [-0.4, -0.2) is 18.4 Å². The minimum absolute atomic E-state index is 0.150. The van der Waals surface area contributed by atoms with E-state index in [0.29, 0.717) is 37.6 Å². The molecule has 0 saturated heterocycles. The molecule has 0 aliphatic heterocycles. The Kier molecular flexibility index (Phi) is 5.23. The van der Waals surface area contributed by atoms with Gasteiger partial charge in [0.15, 0.2) is 0 Å². The molecule has 90 valence electrons. The van der Waals surface area contributed by atoms with E-state index in [1.165, 1.54) is 0 Å². The van der Waals surface area contributed by atoms with Crippen molar-refractivity contribution < 1.29 is 14.3 Å². The van der Waals surface area contributed by atoms with Gasteiger partial charge in [-0.15, -0.1) is 0 Å². The van der Waals surface area contributed by atoms with Crippen LogP contribution < -0.4 is 0 Å². The predicted octanol–water partition coefficient (Wildman–Crippen LogP) is 2.50. The molecule has 0 aromatic carbocycles. The molecular formula is C13H20O3. The van der Waals surface area contributed by atoms with Gasteiger partial charge >= 0.3 is 5.97 Å². The molecule has 3 nitrogen and oxygen atoms in total. The molecule has 16 heavy (non-hydrogen) atoms. The number of rotatable bonds is 5. The number of Topliss-reactive ketones (excluding diaryl/α,β-unsaturated/α-hetero) is 1. The Labute approximate surface area is 96.9 Å². The van der Waals surface area contributed by atoms with Crippen molar-refractivity contribution in [1.82, 2.24) is 0 Å². The average Bonchev–Trinajstić information content (AvgIpc) is 2.56. The lowest BCUT2D eigenvalue weighted by molar-refractivity contribution is -0.143. The van der Waals surface area contributed by atoms with E-state index in [0.717, 1.165) is 6.42 Å². The average molecular weight is 224 g/mol. The fraction of sp³-hybridized carbons (Fsp3) is 0.692. The number of ketones is 1. The topological polar surface area (TPSA) is 43.4 Å². The summed E-state index contributed by atoms with van der Waals surface area (Å²) in [4.78, 5) is 22.3. The third kappa shape index (κ3) is 3.80. The molecule has 0 N–H and O–H groups in total. The number of carbonyl (C=O) groups is 2. The quantitative estimate of drug-likeness (QED) is 0.532. The van der Waals surface area contributed by atoms with Crippen LogP contribution in [0.4, 0.5) is 0 Å². The van der Waals surface area contributed by atoms with E-state index in [1.807, 2.05) is 13.0 Å². The van der Waals surface area contributed by atoms with Crippen molar-refractivity contribution in [3.63, 3.8) is 0 Å². The third-order valence-corrected chi connectivity index (χ3v) is 3.08. The van der Waals surface area contributed by atoms with Crippen molar-refractivity contribution in [3.8, 4) is 0 Å². The number of esters is 1. The molecule has 1 rings (SSSR count). The van der Waals surface area contributed by atoms with E-state index < -0.39 is 0 Å². The van der Waals surface area contributed by atoms with Crippen LogP contribution in [0.2, 0.25) is 0 Å². The SMILES string of the molecule is CCOC(=O)CC/C=C\[C@H]1CCC(=O)[C@@H]1C. The minimum atomic E-state index is -0.150. The number of hydrogen-bond donors (Lipinski definition) is 0. The van der Waals surface area contributed by atoms with Gasteiger partial charge in [-0.1, -0.05) is 19.1 Å². The fourth-order valence-corrected chi connectivity index (χ4v) is 1.99. The second-order valence-electron chi connectivity index (χ2n) is 4.23. The van der Waals surface area contributed by atoms with Gasteiger partial charge in [-0.2, -0.15) is 0 Å². The highest BCUT2D eigenvalue weighted by Crippen LogP contribution is 2.29. The smallest absolute Gasteiger partial charge is 0.306 e. The Bertz CT molecular complexity index is 281. The molecule has 3 heteroatoms. The summed E-state index contributed by atoms with van der Waals surface area (Å²) in [5, 5.41) is 0. The van der Waals surface area contributed by atoms with Gasteiger partial charge in [0.2, 0.25) is 0 Å². The summed E-state index contributed by atoms with van der Waals surface area (Å²) in [5.41, 5.74) is 0. The van der Waals surface area contributed by atoms with E-state index in [-0.39, 0.29) is 11.9 Å². The normalized spacial score (nSPS) is 25.2. The Morgan fingerprint density at radius 2 is 2.31 bits per heavy atom. The molecule has 1 saturated carbocycles. The van der Waals surface area contributed by atoms with Gasteiger partial charge in [0.25, 0.3) is 0 Å². The number of hydrogen-bond acceptors (Lipinski definition) is 3. The van der Waals surface area contributed by atoms with Gasteiger partial charge in [0.05, 0.1) is 6.61 Å². The Morgan fingerprint density at radius 3 is 2.88 bits per heavy atom. The summed E-state index contributed by atoms with van der Waals surface area (Å²) < 4.78 is 4.83. The van der Waals surface area contributed by atoms with Crippen LogP contribution >= 0.6 is 0 Å². The van der Waals surface area contributed by atoms with E-state index >= 15 is 0 Å². The maximum Gasteiger partial charge on any atom is 0.306 e. The molecule has 0 bridgehead atoms. The summed E-state index contributed by atoms with van der Waals surface area (Å²) in [6.07, 6.45) is 6.87. The molecule has 0 aromatic rings. The van der Waals surface area contributed by atoms with Crippen LogP contribution in [0.5, 0.6) is 0 Å². The molecule has 0 aromatic heterocycles. The van der Waals surface area contributed by atoms with Crippen LogP contribution in [0.3, 0.4) is 0 Å². The third-order valence-electron chi connectivity index (χ3n) is 3.08. The molecule has 2 atom stereocenters. The highest BCUT2D eigenvalue weighted by atomic mass is 16.5. The maximum absolute atomic E-state index is 11.3. The summed E-state index contributed by atoms with van der Waals surface area (Å²) in [6.45, 7) is 4.23. The summed E-state index contributed by atoms with van der Waals surface area (Å²) in [5.74, 6) is 0.733. The minimum Gasteiger partial charge on any atom is -0.466 e. The van der Waals surface area contributed by atoms with Gasteiger partial charge in [-0.3, -0.25) is 9.59 Å². The zero-order valence-corrected chi connectivity index (χ0v) is 10.1. The molecule has 0 unspecified atom stereocenters. The second-order valence-corrected chi connectivity index (χ2v) is 4.23. The second kappa shape index (κ2) is 6.46. The molecule has 0 spiro atoms. The molecule has 0 radical (unpaired) electrons. The molecule has 0 amide bonds. The van der Waals surface area contributed by atoms with Gasteiger partial charge in [-0.25, -0.2) is 0 Å². The lowest BCUT2D eigenvalue weighted by Gasteiger charge is -2.07. The first kappa shape index (κ1) is 12.9. The lowest BCUT2D eigenvalue weighted by atomic mass is 9.97. The molecule has 1 aliphatic rings. The van der Waals surface area contributed by atoms with Crippen LogP contribution in [0.25, 0.3) is 0 Å². The van der Waals surface area contributed by atoms with Crippen molar-refractivity contribution in [2.45, 2.75) is 39.5 Å². The maximum atomic E-state index is 11.3. The van der Waals surface area contributed by atoms with E-state index in [9.17, 15) is 9.59 Å². The van der Waals surface area contributed by atoms with E-state index in [1.54, 1.807) is 6.92 Å². The molecular weight excluding hydrogens is 204 g/mol.